The monoisotopic (exact) mass is 530 g/mol. The number of benzene rings is 2. The topological polar surface area (TPSA) is 199 Å². The summed E-state index contributed by atoms with van der Waals surface area (Å²) in [7, 11) is 0. The van der Waals surface area contributed by atoms with Crippen molar-refractivity contribution in [3.8, 4) is 0 Å². The number of aliphatic carboxylic acids is 2. The Kier molecular flexibility index (Phi) is 19.4. The molecule has 1 aliphatic rings. The van der Waals surface area contributed by atoms with E-state index in [2.05, 4.69) is 5.32 Å². The fraction of sp³-hybridized carbons (Fsp3) is 0.429. The van der Waals surface area contributed by atoms with E-state index in [1.54, 1.807) is 36.4 Å². The molecule has 3 rings (SSSR count). The van der Waals surface area contributed by atoms with Crippen LogP contribution in [0.25, 0.3) is 0 Å². The van der Waals surface area contributed by atoms with E-state index >= 15 is 0 Å². The lowest BCUT2D eigenvalue weighted by atomic mass is 9.97. The van der Waals surface area contributed by atoms with E-state index < -0.39 is 18.0 Å². The average molecular weight is 531 g/mol. The van der Waals surface area contributed by atoms with Crippen LogP contribution in [0.2, 0.25) is 0 Å². The van der Waals surface area contributed by atoms with E-state index in [1.807, 2.05) is 18.2 Å². The number of carboxylic acids is 2. The van der Waals surface area contributed by atoms with Crippen molar-refractivity contribution in [2.75, 3.05) is 11.9 Å². The third-order valence-corrected chi connectivity index (χ3v) is 5.25. The van der Waals surface area contributed by atoms with Crippen LogP contribution in [0.3, 0.4) is 0 Å². The summed E-state index contributed by atoms with van der Waals surface area (Å²) in [6, 6.07) is 15.6. The Morgan fingerprint density at radius 1 is 1.00 bits per heavy atom. The van der Waals surface area contributed by atoms with Gasteiger partial charge in [0.1, 0.15) is 12.3 Å². The van der Waals surface area contributed by atoms with Crippen molar-refractivity contribution in [2.45, 2.75) is 70.4 Å². The molecule has 1 fully saturated rings. The molecular formula is C28H42N4O6. The number of carboxylic acid groups (broad SMARTS) is 2. The van der Waals surface area contributed by atoms with Crippen LogP contribution in [-0.4, -0.2) is 53.0 Å². The van der Waals surface area contributed by atoms with Crippen LogP contribution in [0.5, 0.6) is 0 Å². The van der Waals surface area contributed by atoms with Crippen molar-refractivity contribution in [3.63, 3.8) is 0 Å². The van der Waals surface area contributed by atoms with Crippen molar-refractivity contribution in [1.82, 2.24) is 0 Å². The minimum Gasteiger partial charge on any atom is -0.481 e. The SMILES string of the molecule is CC(=O)Nc1ccc(C=O)cc1.NC1CCCCC1.NCCCC(N)C(=O)O.O=C(O)Cc1ccccc1. The largest absolute Gasteiger partial charge is 0.481 e. The van der Waals surface area contributed by atoms with Crippen LogP contribution in [0.1, 0.15) is 67.8 Å². The molecule has 0 bridgehead atoms. The summed E-state index contributed by atoms with van der Waals surface area (Å²) in [4.78, 5) is 41.0. The zero-order valence-corrected chi connectivity index (χ0v) is 22.1. The number of nitrogens with two attached hydrogens (primary N) is 3. The molecule has 38 heavy (non-hydrogen) atoms. The molecule has 210 valence electrons. The molecule has 10 nitrogen and oxygen atoms in total. The Hall–Kier alpha value is -3.60. The molecule has 10 heteroatoms. The smallest absolute Gasteiger partial charge is 0.320 e. The van der Waals surface area contributed by atoms with E-state index in [9.17, 15) is 19.2 Å². The molecule has 0 spiro atoms. The first kappa shape index (κ1) is 34.4. The minimum absolute atomic E-state index is 0.112. The van der Waals surface area contributed by atoms with Crippen LogP contribution < -0.4 is 22.5 Å². The third-order valence-electron chi connectivity index (χ3n) is 5.25. The van der Waals surface area contributed by atoms with Gasteiger partial charge in [-0.3, -0.25) is 19.2 Å². The second-order valence-corrected chi connectivity index (χ2v) is 8.75. The molecule has 2 aromatic rings. The Bertz CT molecular complexity index is 932. The molecule has 9 N–H and O–H groups in total. The van der Waals surface area contributed by atoms with Crippen LogP contribution in [-0.2, 0) is 20.8 Å². The van der Waals surface area contributed by atoms with Crippen molar-refractivity contribution >= 4 is 29.8 Å². The van der Waals surface area contributed by atoms with Crippen LogP contribution in [0.4, 0.5) is 5.69 Å². The number of aldehydes is 1. The van der Waals surface area contributed by atoms with E-state index in [0.717, 1.165) is 11.8 Å². The molecule has 0 saturated heterocycles. The van der Waals surface area contributed by atoms with Gasteiger partial charge in [0.05, 0.1) is 6.42 Å². The zero-order chi connectivity index (χ0) is 28.8. The Morgan fingerprint density at radius 3 is 1.97 bits per heavy atom. The predicted octanol–water partition coefficient (Wildman–Crippen LogP) is 3.19. The molecule has 1 atom stereocenters. The van der Waals surface area contributed by atoms with Crippen molar-refractivity contribution in [1.29, 1.82) is 0 Å². The van der Waals surface area contributed by atoms with Crippen molar-refractivity contribution in [2.24, 2.45) is 17.2 Å². The molecule has 0 heterocycles. The quantitative estimate of drug-likeness (QED) is 0.277. The Morgan fingerprint density at radius 2 is 1.58 bits per heavy atom. The molecule has 1 saturated carbocycles. The van der Waals surface area contributed by atoms with Gasteiger partial charge in [-0.15, -0.1) is 0 Å². The number of carbonyl (C=O) groups excluding carboxylic acids is 2. The fourth-order valence-corrected chi connectivity index (χ4v) is 3.21. The number of carbonyl (C=O) groups is 4. The molecular weight excluding hydrogens is 488 g/mol. The first-order chi connectivity index (χ1) is 18.1. The van der Waals surface area contributed by atoms with Gasteiger partial charge < -0.3 is 32.7 Å². The lowest BCUT2D eigenvalue weighted by Gasteiger charge is -2.15. The summed E-state index contributed by atoms with van der Waals surface area (Å²) in [5.74, 6) is -1.86. The van der Waals surface area contributed by atoms with Gasteiger partial charge >= 0.3 is 11.9 Å². The summed E-state index contributed by atoms with van der Waals surface area (Å²) in [6.45, 7) is 1.94. The predicted molar refractivity (Wildman–Crippen MR) is 149 cm³/mol. The average Bonchev–Trinajstić information content (AvgIpc) is 2.89. The number of hydrogen-bond acceptors (Lipinski definition) is 7. The number of amides is 1. The number of rotatable bonds is 8. The molecule has 0 radical (unpaired) electrons. The maximum Gasteiger partial charge on any atom is 0.320 e. The highest BCUT2D eigenvalue weighted by molar-refractivity contribution is 5.89. The second-order valence-electron chi connectivity index (χ2n) is 8.75. The van der Waals surface area contributed by atoms with Gasteiger partial charge in [-0.2, -0.15) is 0 Å². The van der Waals surface area contributed by atoms with E-state index in [4.69, 9.17) is 27.4 Å². The number of anilines is 1. The highest BCUT2D eigenvalue weighted by atomic mass is 16.4. The van der Waals surface area contributed by atoms with Gasteiger partial charge in [-0.1, -0.05) is 49.6 Å². The highest BCUT2D eigenvalue weighted by Crippen LogP contribution is 2.14. The number of hydrogen-bond donors (Lipinski definition) is 6. The summed E-state index contributed by atoms with van der Waals surface area (Å²) >= 11 is 0. The first-order valence-corrected chi connectivity index (χ1v) is 12.6. The van der Waals surface area contributed by atoms with E-state index in [-0.39, 0.29) is 12.3 Å². The number of nitrogens with one attached hydrogen (secondary N) is 1. The molecule has 1 aliphatic carbocycles. The van der Waals surface area contributed by atoms with Crippen molar-refractivity contribution < 1.29 is 29.4 Å². The maximum absolute atomic E-state index is 10.6. The van der Waals surface area contributed by atoms with Gasteiger partial charge in [0.25, 0.3) is 0 Å². The van der Waals surface area contributed by atoms with Crippen LogP contribution in [0.15, 0.2) is 54.6 Å². The molecule has 1 amide bonds. The molecule has 0 aromatic heterocycles. The minimum atomic E-state index is -0.955. The van der Waals surface area contributed by atoms with Crippen LogP contribution in [0, 0.1) is 0 Å². The van der Waals surface area contributed by atoms with Gasteiger partial charge in [-0.05, 0) is 62.1 Å². The molecule has 0 aliphatic heterocycles. The van der Waals surface area contributed by atoms with Gasteiger partial charge in [-0.25, -0.2) is 0 Å². The van der Waals surface area contributed by atoms with E-state index in [1.165, 1.54) is 39.0 Å². The summed E-state index contributed by atoms with van der Waals surface area (Å²) in [6.07, 6.45) is 8.67. The zero-order valence-electron chi connectivity index (χ0n) is 22.1. The lowest BCUT2D eigenvalue weighted by molar-refractivity contribution is -0.139. The summed E-state index contributed by atoms with van der Waals surface area (Å²) in [5, 5.41) is 19.2. The standard InChI is InChI=1S/C9H9NO2.C8H8O2.C6H13N.C5H12N2O2/c1-7(12)10-9-4-2-8(6-11)3-5-9;9-8(10)6-7-4-2-1-3-5-7;7-6-4-2-1-3-5-6;6-3-1-2-4(7)5(8)9/h2-6H,1H3,(H,10,12);1-5H,6H2,(H,9,10);6H,1-5,7H2;4H,1-3,6-7H2,(H,8,9). The molecule has 2 aromatic carbocycles. The molecule has 1 unspecified atom stereocenters. The summed E-state index contributed by atoms with van der Waals surface area (Å²) < 4.78 is 0. The third kappa shape index (κ3) is 19.6. The van der Waals surface area contributed by atoms with E-state index in [0.29, 0.717) is 36.7 Å². The Balaban J connectivity index is 0.000000489. The Labute approximate surface area is 224 Å². The fourth-order valence-electron chi connectivity index (χ4n) is 3.21. The van der Waals surface area contributed by atoms with Gasteiger partial charge in [0.2, 0.25) is 5.91 Å². The van der Waals surface area contributed by atoms with Crippen molar-refractivity contribution in [3.05, 3.63) is 65.7 Å². The van der Waals surface area contributed by atoms with Crippen LogP contribution >= 0.6 is 0 Å². The van der Waals surface area contributed by atoms with Gasteiger partial charge in [0.15, 0.2) is 0 Å². The highest BCUT2D eigenvalue weighted by Gasteiger charge is 2.09. The van der Waals surface area contributed by atoms with Gasteiger partial charge in [0, 0.05) is 24.2 Å². The maximum atomic E-state index is 10.6. The second kappa shape index (κ2) is 21.5. The normalized spacial score (nSPS) is 13.1. The summed E-state index contributed by atoms with van der Waals surface area (Å²) in [5.41, 5.74) is 18.1. The lowest BCUT2D eigenvalue weighted by Crippen LogP contribution is -2.30. The first-order valence-electron chi connectivity index (χ1n) is 12.6.